The van der Waals surface area contributed by atoms with Crippen molar-refractivity contribution in [2.45, 2.75) is 6.92 Å². The fourth-order valence-corrected chi connectivity index (χ4v) is 1.58. The van der Waals surface area contributed by atoms with Gasteiger partial charge < -0.3 is 20.5 Å². The monoisotopic (exact) mass is 286 g/mol. The molecule has 1 aromatic carbocycles. The number of carbonyl (C=O) groups excluding carboxylic acids is 1. The maximum atomic E-state index is 11.5. The minimum atomic E-state index is -1.11. The molecule has 0 saturated carbocycles. The third kappa shape index (κ3) is 5.58. The summed E-state index contributed by atoms with van der Waals surface area (Å²) in [4.78, 5) is 22.3. The highest BCUT2D eigenvalue weighted by Gasteiger charge is 2.08. The van der Waals surface area contributed by atoms with Crippen LogP contribution in [-0.2, 0) is 4.74 Å². The number of hydrogen-bond acceptors (Lipinski definition) is 3. The third-order valence-corrected chi connectivity index (χ3v) is 2.36. The van der Waals surface area contributed by atoms with Crippen molar-refractivity contribution in [2.24, 2.45) is 0 Å². The molecule has 6 nitrogen and oxygen atoms in total. The van der Waals surface area contributed by atoms with E-state index >= 15 is 0 Å². The molecule has 3 N–H and O–H groups in total. The summed E-state index contributed by atoms with van der Waals surface area (Å²) in [6, 6.07) is 3.66. The molecule has 2 amide bonds. The number of anilines is 1. The first kappa shape index (κ1) is 15.3. The van der Waals surface area contributed by atoms with Crippen LogP contribution in [0.2, 0.25) is 5.02 Å². The molecule has 0 aliphatic rings. The highest BCUT2D eigenvalue weighted by Crippen LogP contribution is 2.19. The maximum absolute atomic E-state index is 11.5. The topological polar surface area (TPSA) is 87.7 Å². The second kappa shape index (κ2) is 7.60. The number of carboxylic acids is 1. The summed E-state index contributed by atoms with van der Waals surface area (Å²) in [6.07, 6.45) is 0. The van der Waals surface area contributed by atoms with E-state index in [1.165, 1.54) is 18.2 Å². The van der Waals surface area contributed by atoms with Crippen LogP contribution in [-0.4, -0.2) is 36.9 Å². The van der Waals surface area contributed by atoms with Gasteiger partial charge in [0.2, 0.25) is 0 Å². The number of carbonyl (C=O) groups is 2. The number of rotatable bonds is 6. The molecule has 0 unspecified atom stereocenters. The van der Waals surface area contributed by atoms with E-state index in [1.54, 1.807) is 0 Å². The Hall–Kier alpha value is -1.79. The standard InChI is InChI=1S/C12H15ClN2O4/c1-2-19-4-3-14-12(18)15-10-6-8(11(16)17)5-9(13)7-10/h5-7H,2-4H2,1H3,(H,16,17)(H2,14,15,18). The van der Waals surface area contributed by atoms with E-state index in [1.807, 2.05) is 6.92 Å². The SMILES string of the molecule is CCOCCNC(=O)Nc1cc(Cl)cc(C(=O)O)c1. The molecule has 0 saturated heterocycles. The van der Waals surface area contributed by atoms with Crippen LogP contribution < -0.4 is 10.6 Å². The summed E-state index contributed by atoms with van der Waals surface area (Å²) in [5.41, 5.74) is 0.330. The summed E-state index contributed by atoms with van der Waals surface area (Å²) in [5, 5.41) is 14.2. The molecule has 0 aromatic heterocycles. The molecule has 0 radical (unpaired) electrons. The Bertz CT molecular complexity index is 465. The zero-order valence-corrected chi connectivity index (χ0v) is 11.2. The van der Waals surface area contributed by atoms with Crippen LogP contribution in [0.15, 0.2) is 18.2 Å². The molecular weight excluding hydrogens is 272 g/mol. The second-order valence-corrected chi connectivity index (χ2v) is 4.05. The first-order chi connectivity index (χ1) is 9.02. The van der Waals surface area contributed by atoms with E-state index in [-0.39, 0.29) is 10.6 Å². The first-order valence-electron chi connectivity index (χ1n) is 5.69. The molecular formula is C12H15ClN2O4. The van der Waals surface area contributed by atoms with Gasteiger partial charge in [0.05, 0.1) is 12.2 Å². The minimum Gasteiger partial charge on any atom is -0.478 e. The summed E-state index contributed by atoms with van der Waals surface area (Å²) in [7, 11) is 0. The number of nitrogens with one attached hydrogen (secondary N) is 2. The normalized spacial score (nSPS) is 10.0. The average Bonchev–Trinajstić information content (AvgIpc) is 2.34. The third-order valence-electron chi connectivity index (χ3n) is 2.14. The predicted molar refractivity (Wildman–Crippen MR) is 71.9 cm³/mol. The van der Waals surface area contributed by atoms with Gasteiger partial charge in [-0.2, -0.15) is 0 Å². The van der Waals surface area contributed by atoms with E-state index in [9.17, 15) is 9.59 Å². The summed E-state index contributed by atoms with van der Waals surface area (Å²) < 4.78 is 5.06. The van der Waals surface area contributed by atoms with Crippen molar-refractivity contribution in [1.82, 2.24) is 5.32 Å². The number of ether oxygens (including phenoxy) is 1. The van der Waals surface area contributed by atoms with Crippen LogP contribution in [0, 0.1) is 0 Å². The van der Waals surface area contributed by atoms with E-state index in [2.05, 4.69) is 10.6 Å². The van der Waals surface area contributed by atoms with E-state index < -0.39 is 12.0 Å². The molecule has 0 aliphatic carbocycles. The van der Waals surface area contributed by atoms with Crippen LogP contribution in [0.3, 0.4) is 0 Å². The lowest BCUT2D eigenvalue weighted by molar-refractivity contribution is 0.0697. The van der Waals surface area contributed by atoms with Gasteiger partial charge in [-0.15, -0.1) is 0 Å². The highest BCUT2D eigenvalue weighted by atomic mass is 35.5. The first-order valence-corrected chi connectivity index (χ1v) is 6.07. The van der Waals surface area contributed by atoms with Crippen molar-refractivity contribution in [2.75, 3.05) is 25.1 Å². The van der Waals surface area contributed by atoms with Crippen LogP contribution in [0.25, 0.3) is 0 Å². The number of halogens is 1. The van der Waals surface area contributed by atoms with Gasteiger partial charge in [0.15, 0.2) is 0 Å². The van der Waals surface area contributed by atoms with Gasteiger partial charge in [-0.3, -0.25) is 0 Å². The molecule has 1 rings (SSSR count). The average molecular weight is 287 g/mol. The van der Waals surface area contributed by atoms with Gasteiger partial charge in [-0.1, -0.05) is 11.6 Å². The zero-order chi connectivity index (χ0) is 14.3. The van der Waals surface area contributed by atoms with Gasteiger partial charge in [-0.25, -0.2) is 9.59 Å². The van der Waals surface area contributed by atoms with Gasteiger partial charge >= 0.3 is 12.0 Å². The molecule has 0 spiro atoms. The van der Waals surface area contributed by atoms with Crippen molar-refractivity contribution in [1.29, 1.82) is 0 Å². The Morgan fingerprint density at radius 2 is 2.11 bits per heavy atom. The summed E-state index contributed by atoms with van der Waals surface area (Å²) in [6.45, 7) is 3.23. The van der Waals surface area contributed by atoms with Gasteiger partial charge in [-0.05, 0) is 25.1 Å². The molecule has 0 fully saturated rings. The van der Waals surface area contributed by atoms with Crippen LogP contribution in [0.4, 0.5) is 10.5 Å². The molecule has 0 heterocycles. The number of hydrogen-bond donors (Lipinski definition) is 3. The number of amides is 2. The molecule has 0 bridgehead atoms. The number of benzene rings is 1. The molecule has 104 valence electrons. The van der Waals surface area contributed by atoms with Gasteiger partial charge in [0, 0.05) is 23.9 Å². The Labute approximate surface area is 115 Å². The summed E-state index contributed by atoms with van der Waals surface area (Å²) >= 11 is 5.77. The zero-order valence-electron chi connectivity index (χ0n) is 10.4. The summed E-state index contributed by atoms with van der Waals surface area (Å²) in [5.74, 6) is -1.11. The Kier molecular flexibility index (Phi) is 6.11. The molecule has 7 heteroatoms. The minimum absolute atomic E-state index is 0.0112. The lowest BCUT2D eigenvalue weighted by Gasteiger charge is -2.08. The highest BCUT2D eigenvalue weighted by molar-refractivity contribution is 6.31. The van der Waals surface area contributed by atoms with Crippen molar-refractivity contribution in [3.63, 3.8) is 0 Å². The van der Waals surface area contributed by atoms with Crippen molar-refractivity contribution < 1.29 is 19.4 Å². The van der Waals surface area contributed by atoms with Crippen molar-refractivity contribution in [3.05, 3.63) is 28.8 Å². The lowest BCUT2D eigenvalue weighted by Crippen LogP contribution is -2.31. The predicted octanol–water partition coefficient (Wildman–Crippen LogP) is 2.20. The van der Waals surface area contributed by atoms with E-state index in [0.29, 0.717) is 25.4 Å². The number of aromatic carboxylic acids is 1. The van der Waals surface area contributed by atoms with Gasteiger partial charge in [0.25, 0.3) is 0 Å². The fraction of sp³-hybridized carbons (Fsp3) is 0.333. The molecule has 0 aliphatic heterocycles. The Morgan fingerprint density at radius 3 is 2.74 bits per heavy atom. The van der Waals surface area contributed by atoms with Crippen molar-refractivity contribution in [3.8, 4) is 0 Å². The van der Waals surface area contributed by atoms with Crippen LogP contribution in [0.5, 0.6) is 0 Å². The van der Waals surface area contributed by atoms with E-state index in [0.717, 1.165) is 0 Å². The van der Waals surface area contributed by atoms with Crippen molar-refractivity contribution >= 4 is 29.3 Å². The lowest BCUT2D eigenvalue weighted by atomic mass is 10.2. The fourth-order valence-electron chi connectivity index (χ4n) is 1.34. The second-order valence-electron chi connectivity index (χ2n) is 3.61. The van der Waals surface area contributed by atoms with Crippen LogP contribution in [0.1, 0.15) is 17.3 Å². The maximum Gasteiger partial charge on any atom is 0.335 e. The van der Waals surface area contributed by atoms with Crippen LogP contribution >= 0.6 is 11.6 Å². The molecule has 1 aromatic rings. The molecule has 19 heavy (non-hydrogen) atoms. The van der Waals surface area contributed by atoms with Gasteiger partial charge in [0.1, 0.15) is 0 Å². The molecule has 0 atom stereocenters. The Morgan fingerprint density at radius 1 is 1.37 bits per heavy atom. The largest absolute Gasteiger partial charge is 0.478 e. The number of carboxylic acid groups (broad SMARTS) is 1. The number of urea groups is 1. The Balaban J connectivity index is 2.56. The van der Waals surface area contributed by atoms with E-state index in [4.69, 9.17) is 21.4 Å². The quantitative estimate of drug-likeness (QED) is 0.700. The smallest absolute Gasteiger partial charge is 0.335 e.